The molecule has 0 aliphatic heterocycles. The fraction of sp³-hybridized carbons (Fsp3) is 0.800. The summed E-state index contributed by atoms with van der Waals surface area (Å²) in [6, 6.07) is 0.485. The molecule has 0 radical (unpaired) electrons. The Kier molecular flexibility index (Phi) is 4.63. The van der Waals surface area contributed by atoms with Gasteiger partial charge in [0.1, 0.15) is 11.4 Å². The molecule has 1 aromatic rings. The normalized spacial score (nSPS) is 27.9. The fourth-order valence-electron chi connectivity index (χ4n) is 2.76. The summed E-state index contributed by atoms with van der Waals surface area (Å²) in [5.41, 5.74) is 0.946. The number of ether oxygens (including phenoxy) is 1. The molecule has 1 aliphatic rings. The predicted molar refractivity (Wildman–Crippen MR) is 76.9 cm³/mol. The highest BCUT2D eigenvalue weighted by atomic mass is 16.5. The van der Waals surface area contributed by atoms with Gasteiger partial charge in [-0.1, -0.05) is 20.8 Å². The summed E-state index contributed by atoms with van der Waals surface area (Å²) < 4.78 is 5.84. The number of nitrogens with zero attached hydrogens (tertiary/aromatic N) is 1. The highest BCUT2D eigenvalue weighted by Crippen LogP contribution is 2.40. The number of aromatic amines is 1. The minimum Gasteiger partial charge on any atom is -0.370 e. The second-order valence-electron chi connectivity index (χ2n) is 6.17. The summed E-state index contributed by atoms with van der Waals surface area (Å²) in [4.78, 5) is 8.01. The minimum atomic E-state index is -0.192. The van der Waals surface area contributed by atoms with Crippen molar-refractivity contribution in [2.45, 2.75) is 64.6 Å². The predicted octanol–water partition coefficient (Wildman–Crippen LogP) is 2.96. The van der Waals surface area contributed by atoms with Crippen molar-refractivity contribution in [1.82, 2.24) is 15.3 Å². The molecule has 2 rings (SSSR count). The molecule has 1 heterocycles. The first-order valence-electron chi connectivity index (χ1n) is 7.38. The summed E-state index contributed by atoms with van der Waals surface area (Å²) in [5.74, 6) is 1.81. The highest BCUT2D eigenvalue weighted by Gasteiger charge is 2.38. The van der Waals surface area contributed by atoms with Crippen LogP contribution in [0.5, 0.6) is 0 Å². The van der Waals surface area contributed by atoms with Gasteiger partial charge in [-0.2, -0.15) is 0 Å². The molecule has 1 aliphatic carbocycles. The summed E-state index contributed by atoms with van der Waals surface area (Å²) in [6.07, 6.45) is 6.50. The maximum Gasteiger partial charge on any atom is 0.138 e. The lowest BCUT2D eigenvalue weighted by atomic mass is 9.79. The van der Waals surface area contributed by atoms with Crippen LogP contribution in [0, 0.1) is 5.92 Å². The Balaban J connectivity index is 2.07. The third kappa shape index (κ3) is 3.37. The largest absolute Gasteiger partial charge is 0.370 e. The molecule has 108 valence electrons. The molecular formula is C15H27N3O. The molecule has 2 N–H and O–H groups in total. The molecule has 1 saturated carbocycles. The van der Waals surface area contributed by atoms with E-state index in [-0.39, 0.29) is 5.60 Å². The third-order valence-electron chi connectivity index (χ3n) is 4.23. The van der Waals surface area contributed by atoms with Crippen molar-refractivity contribution in [3.05, 3.63) is 17.7 Å². The lowest BCUT2D eigenvalue weighted by Gasteiger charge is -2.36. The van der Waals surface area contributed by atoms with E-state index in [1.54, 1.807) is 0 Å². The molecule has 19 heavy (non-hydrogen) atoms. The lowest BCUT2D eigenvalue weighted by molar-refractivity contribution is -0.0592. The molecule has 0 atom stereocenters. The summed E-state index contributed by atoms with van der Waals surface area (Å²) >= 11 is 0. The number of H-pyrrole nitrogens is 1. The van der Waals surface area contributed by atoms with Crippen molar-refractivity contribution in [2.24, 2.45) is 5.92 Å². The maximum atomic E-state index is 5.84. The Morgan fingerprint density at radius 3 is 2.74 bits per heavy atom. The van der Waals surface area contributed by atoms with E-state index in [2.05, 4.69) is 36.1 Å². The highest BCUT2D eigenvalue weighted by molar-refractivity contribution is 5.10. The van der Waals surface area contributed by atoms with E-state index in [1.807, 2.05) is 13.3 Å². The van der Waals surface area contributed by atoms with E-state index in [4.69, 9.17) is 4.74 Å². The van der Waals surface area contributed by atoms with Gasteiger partial charge in [-0.15, -0.1) is 0 Å². The number of methoxy groups -OCH3 is 1. The molecule has 4 heteroatoms. The number of nitrogens with one attached hydrogen (secondary N) is 2. The van der Waals surface area contributed by atoms with Gasteiger partial charge >= 0.3 is 0 Å². The van der Waals surface area contributed by atoms with Gasteiger partial charge in [0.2, 0.25) is 0 Å². The lowest BCUT2D eigenvalue weighted by Crippen LogP contribution is -2.34. The molecule has 1 fully saturated rings. The topological polar surface area (TPSA) is 49.9 Å². The molecule has 0 amide bonds. The molecule has 0 spiro atoms. The van der Waals surface area contributed by atoms with Crippen LogP contribution in [0.3, 0.4) is 0 Å². The second-order valence-corrected chi connectivity index (χ2v) is 6.17. The molecule has 0 bridgehead atoms. The van der Waals surface area contributed by atoms with E-state index < -0.39 is 0 Å². The molecule has 4 nitrogen and oxygen atoms in total. The first kappa shape index (κ1) is 14.5. The van der Waals surface area contributed by atoms with Gasteiger partial charge in [0.25, 0.3) is 0 Å². The van der Waals surface area contributed by atoms with Crippen molar-refractivity contribution in [1.29, 1.82) is 0 Å². The number of rotatable bonds is 5. The fourth-order valence-corrected chi connectivity index (χ4v) is 2.76. The van der Waals surface area contributed by atoms with E-state index in [0.29, 0.717) is 6.04 Å². The number of aromatic nitrogens is 2. The molecule has 0 aromatic carbocycles. The van der Waals surface area contributed by atoms with E-state index in [9.17, 15) is 0 Å². The van der Waals surface area contributed by atoms with Gasteiger partial charge in [0, 0.05) is 31.6 Å². The summed E-state index contributed by atoms with van der Waals surface area (Å²) in [5, 5.41) is 3.40. The molecular weight excluding hydrogens is 238 g/mol. The van der Waals surface area contributed by atoms with Gasteiger partial charge in [-0.3, -0.25) is 0 Å². The molecule has 0 unspecified atom stereocenters. The van der Waals surface area contributed by atoms with E-state index >= 15 is 0 Å². The van der Waals surface area contributed by atoms with Crippen LogP contribution in [-0.4, -0.2) is 23.1 Å². The Labute approximate surface area is 116 Å². The molecule has 0 saturated heterocycles. The summed E-state index contributed by atoms with van der Waals surface area (Å²) in [7, 11) is 1.81. The van der Waals surface area contributed by atoms with Crippen LogP contribution in [0.4, 0.5) is 0 Å². The Morgan fingerprint density at radius 1 is 1.47 bits per heavy atom. The summed E-state index contributed by atoms with van der Waals surface area (Å²) in [6.45, 7) is 7.45. The van der Waals surface area contributed by atoms with Crippen LogP contribution in [0.2, 0.25) is 0 Å². The number of imidazole rings is 1. The Hall–Kier alpha value is -0.870. The van der Waals surface area contributed by atoms with Crippen LogP contribution in [0.15, 0.2) is 6.20 Å². The first-order valence-corrected chi connectivity index (χ1v) is 7.38. The van der Waals surface area contributed by atoms with Crippen molar-refractivity contribution in [2.75, 3.05) is 7.11 Å². The average molecular weight is 265 g/mol. The van der Waals surface area contributed by atoms with Gasteiger partial charge in [-0.25, -0.2) is 4.98 Å². The van der Waals surface area contributed by atoms with Crippen LogP contribution in [0.25, 0.3) is 0 Å². The van der Waals surface area contributed by atoms with Gasteiger partial charge in [-0.05, 0) is 31.6 Å². The molecule has 1 aromatic heterocycles. The van der Waals surface area contributed by atoms with Crippen LogP contribution in [0.1, 0.15) is 58.0 Å². The zero-order valence-corrected chi connectivity index (χ0v) is 12.6. The number of hydrogen-bond donors (Lipinski definition) is 2. The zero-order valence-electron chi connectivity index (χ0n) is 12.6. The van der Waals surface area contributed by atoms with Gasteiger partial charge in [0.05, 0.1) is 0 Å². The van der Waals surface area contributed by atoms with Gasteiger partial charge < -0.3 is 15.0 Å². The maximum absolute atomic E-state index is 5.84. The van der Waals surface area contributed by atoms with Crippen molar-refractivity contribution in [3.63, 3.8) is 0 Å². The smallest absolute Gasteiger partial charge is 0.138 e. The van der Waals surface area contributed by atoms with Crippen molar-refractivity contribution >= 4 is 0 Å². The monoisotopic (exact) mass is 265 g/mol. The first-order chi connectivity index (χ1) is 9.05. The van der Waals surface area contributed by atoms with Crippen LogP contribution < -0.4 is 5.32 Å². The number of hydrogen-bond acceptors (Lipinski definition) is 3. The van der Waals surface area contributed by atoms with Crippen LogP contribution >= 0.6 is 0 Å². The average Bonchev–Trinajstić information content (AvgIpc) is 2.87. The minimum absolute atomic E-state index is 0.192. The van der Waals surface area contributed by atoms with Crippen molar-refractivity contribution < 1.29 is 4.74 Å². The standard InChI is InChI=1S/C15H27N3O/c1-11(2)16-9-13-10-17-14(18-13)15(19-4)7-5-12(3)6-8-15/h10-12,16H,5-9H2,1-4H3,(H,17,18). The Bertz CT molecular complexity index is 392. The van der Waals surface area contributed by atoms with E-state index in [1.165, 1.54) is 12.8 Å². The van der Waals surface area contributed by atoms with Gasteiger partial charge in [0.15, 0.2) is 0 Å². The van der Waals surface area contributed by atoms with Crippen LogP contribution in [-0.2, 0) is 16.9 Å². The quantitative estimate of drug-likeness (QED) is 0.860. The second kappa shape index (κ2) is 6.06. The Morgan fingerprint density at radius 2 is 2.16 bits per heavy atom. The SMILES string of the molecule is COC1(c2ncc(CNC(C)C)[nH]2)CCC(C)CC1. The third-order valence-corrected chi connectivity index (χ3v) is 4.23. The zero-order chi connectivity index (χ0) is 13.9. The van der Waals surface area contributed by atoms with Crippen molar-refractivity contribution in [3.8, 4) is 0 Å². The van der Waals surface area contributed by atoms with E-state index in [0.717, 1.165) is 36.8 Å².